The minimum absolute atomic E-state index is 0.248. The molecular formula is C23H24NO3+. The first-order valence-electron chi connectivity index (χ1n) is 9.08. The number of aromatic nitrogens is 1. The summed E-state index contributed by atoms with van der Waals surface area (Å²) < 4.78 is 12.8. The quantitative estimate of drug-likeness (QED) is 0.347. The van der Waals surface area contributed by atoms with Gasteiger partial charge in [0.25, 0.3) is 0 Å². The van der Waals surface area contributed by atoms with Crippen molar-refractivity contribution in [3.05, 3.63) is 90.3 Å². The molecule has 0 saturated heterocycles. The number of ether oxygens (including phenoxy) is 2. The minimum Gasteiger partial charge on any atom is -0.460 e. The Labute approximate surface area is 160 Å². The number of benzene rings is 2. The molecule has 0 spiro atoms. The number of carbonyl (C=O) groups excluding carboxylic acids is 1. The lowest BCUT2D eigenvalue weighted by Crippen LogP contribution is -2.35. The molecular weight excluding hydrogens is 338 g/mol. The van der Waals surface area contributed by atoms with E-state index >= 15 is 0 Å². The summed E-state index contributed by atoms with van der Waals surface area (Å²) in [4.78, 5) is 12.1. The third-order valence-electron chi connectivity index (χ3n) is 4.24. The number of hydrogen-bond donors (Lipinski definition) is 0. The van der Waals surface area contributed by atoms with Crippen LogP contribution in [0.3, 0.4) is 0 Å². The lowest BCUT2D eigenvalue weighted by atomic mass is 10.0. The van der Waals surface area contributed by atoms with Crippen molar-refractivity contribution >= 4 is 5.97 Å². The fourth-order valence-electron chi connectivity index (χ4n) is 2.68. The summed E-state index contributed by atoms with van der Waals surface area (Å²) >= 11 is 0. The van der Waals surface area contributed by atoms with E-state index in [1.165, 1.54) is 5.56 Å². The topological polar surface area (TPSA) is 39.4 Å². The predicted molar refractivity (Wildman–Crippen MR) is 104 cm³/mol. The molecule has 0 bridgehead atoms. The third kappa shape index (κ3) is 5.76. The van der Waals surface area contributed by atoms with Gasteiger partial charge in [-0.2, -0.15) is 0 Å². The zero-order valence-electron chi connectivity index (χ0n) is 15.5. The molecule has 138 valence electrons. The van der Waals surface area contributed by atoms with Gasteiger partial charge in [-0.05, 0) is 30.2 Å². The summed E-state index contributed by atoms with van der Waals surface area (Å²) in [6, 6.07) is 21.7. The van der Waals surface area contributed by atoms with Crippen molar-refractivity contribution in [3.63, 3.8) is 0 Å². The summed E-state index contributed by atoms with van der Waals surface area (Å²) in [7, 11) is 0. The van der Waals surface area contributed by atoms with Gasteiger partial charge >= 0.3 is 5.97 Å². The van der Waals surface area contributed by atoms with Crippen molar-refractivity contribution < 1.29 is 18.8 Å². The number of rotatable bonds is 8. The van der Waals surface area contributed by atoms with Crippen LogP contribution < -0.4 is 4.57 Å². The highest BCUT2D eigenvalue weighted by atomic mass is 16.6. The first kappa shape index (κ1) is 18.8. The maximum absolute atomic E-state index is 12.1. The second-order valence-electron chi connectivity index (χ2n) is 6.30. The summed E-state index contributed by atoms with van der Waals surface area (Å²) in [5, 5.41) is 0. The molecule has 0 aliphatic heterocycles. The lowest BCUT2D eigenvalue weighted by molar-refractivity contribution is -0.698. The maximum atomic E-state index is 12.1. The molecule has 2 aromatic carbocycles. The Balaban J connectivity index is 1.40. The van der Waals surface area contributed by atoms with Crippen molar-refractivity contribution in [1.82, 2.24) is 0 Å². The summed E-state index contributed by atoms with van der Waals surface area (Å²) in [5.41, 5.74) is 3.98. The zero-order valence-corrected chi connectivity index (χ0v) is 15.5. The fourth-order valence-corrected chi connectivity index (χ4v) is 2.68. The SMILES string of the molecule is Cc1ccc(-c2ccc(C(=O)OCCOCC[n+]3ccccc3)cc2)cc1. The van der Waals surface area contributed by atoms with Gasteiger partial charge in [0.2, 0.25) is 0 Å². The molecule has 4 nitrogen and oxygen atoms in total. The number of pyridine rings is 1. The van der Waals surface area contributed by atoms with Crippen molar-refractivity contribution in [2.75, 3.05) is 19.8 Å². The number of carbonyl (C=O) groups is 1. The molecule has 0 radical (unpaired) electrons. The van der Waals surface area contributed by atoms with E-state index in [-0.39, 0.29) is 12.6 Å². The van der Waals surface area contributed by atoms with E-state index in [1.54, 1.807) is 12.1 Å². The first-order valence-corrected chi connectivity index (χ1v) is 9.08. The monoisotopic (exact) mass is 362 g/mol. The highest BCUT2D eigenvalue weighted by Crippen LogP contribution is 2.20. The van der Waals surface area contributed by atoms with E-state index in [0.717, 1.165) is 17.7 Å². The second-order valence-corrected chi connectivity index (χ2v) is 6.30. The summed E-state index contributed by atoms with van der Waals surface area (Å²) in [6.07, 6.45) is 3.98. The average Bonchev–Trinajstić information content (AvgIpc) is 2.72. The van der Waals surface area contributed by atoms with Gasteiger partial charge < -0.3 is 9.47 Å². The number of nitrogens with zero attached hydrogens (tertiary/aromatic N) is 1. The Bertz CT molecular complexity index is 843. The smallest absolute Gasteiger partial charge is 0.338 e. The van der Waals surface area contributed by atoms with Gasteiger partial charge in [-0.25, -0.2) is 9.36 Å². The van der Waals surface area contributed by atoms with Crippen LogP contribution in [0.1, 0.15) is 15.9 Å². The van der Waals surface area contributed by atoms with Crippen molar-refractivity contribution in [1.29, 1.82) is 0 Å². The van der Waals surface area contributed by atoms with Crippen LogP contribution in [-0.4, -0.2) is 25.8 Å². The average molecular weight is 362 g/mol. The van der Waals surface area contributed by atoms with Crippen molar-refractivity contribution in [2.45, 2.75) is 13.5 Å². The van der Waals surface area contributed by atoms with Crippen molar-refractivity contribution in [2.24, 2.45) is 0 Å². The largest absolute Gasteiger partial charge is 0.460 e. The Morgan fingerprint density at radius 3 is 2.11 bits per heavy atom. The van der Waals surface area contributed by atoms with Crippen LogP contribution in [0.2, 0.25) is 0 Å². The standard InChI is InChI=1S/C23H24NO3/c1-19-5-7-20(8-6-19)21-9-11-22(12-10-21)23(25)27-18-17-26-16-15-24-13-3-2-4-14-24/h2-14H,15-18H2,1H3/q+1. The maximum Gasteiger partial charge on any atom is 0.338 e. The third-order valence-corrected chi connectivity index (χ3v) is 4.24. The molecule has 4 heteroatoms. The van der Waals surface area contributed by atoms with Gasteiger partial charge in [-0.1, -0.05) is 48.0 Å². The van der Waals surface area contributed by atoms with E-state index in [4.69, 9.17) is 9.47 Å². The molecule has 0 N–H and O–H groups in total. The lowest BCUT2D eigenvalue weighted by Gasteiger charge is -2.07. The van der Waals surface area contributed by atoms with Gasteiger partial charge in [0, 0.05) is 12.1 Å². The fraction of sp³-hybridized carbons (Fsp3) is 0.217. The molecule has 0 atom stereocenters. The van der Waals surface area contributed by atoms with Gasteiger partial charge in [0.15, 0.2) is 18.9 Å². The molecule has 0 unspecified atom stereocenters. The Kier molecular flexibility index (Phi) is 6.72. The van der Waals surface area contributed by atoms with Gasteiger partial charge in [0.05, 0.1) is 12.2 Å². The Morgan fingerprint density at radius 2 is 1.44 bits per heavy atom. The highest BCUT2D eigenvalue weighted by molar-refractivity contribution is 5.90. The molecule has 0 fully saturated rings. The summed E-state index contributed by atoms with van der Waals surface area (Å²) in [6.45, 7) is 4.05. The van der Waals surface area contributed by atoms with E-state index in [0.29, 0.717) is 18.8 Å². The molecule has 0 aliphatic carbocycles. The van der Waals surface area contributed by atoms with Gasteiger partial charge in [-0.15, -0.1) is 0 Å². The molecule has 1 aromatic heterocycles. The highest BCUT2D eigenvalue weighted by Gasteiger charge is 2.07. The molecule has 0 amide bonds. The summed E-state index contributed by atoms with van der Waals surface area (Å²) in [5.74, 6) is -0.327. The molecule has 3 aromatic rings. The van der Waals surface area contributed by atoms with Crippen LogP contribution in [0, 0.1) is 6.92 Å². The second kappa shape index (κ2) is 9.64. The first-order chi connectivity index (χ1) is 13.2. The van der Waals surface area contributed by atoms with Crippen LogP contribution in [0.5, 0.6) is 0 Å². The molecule has 27 heavy (non-hydrogen) atoms. The van der Waals surface area contributed by atoms with Crippen molar-refractivity contribution in [3.8, 4) is 11.1 Å². The van der Waals surface area contributed by atoms with E-state index < -0.39 is 0 Å². The number of hydrogen-bond acceptors (Lipinski definition) is 3. The minimum atomic E-state index is -0.327. The van der Waals surface area contributed by atoms with Crippen LogP contribution in [0.15, 0.2) is 79.1 Å². The van der Waals surface area contributed by atoms with Crippen LogP contribution in [0.4, 0.5) is 0 Å². The van der Waals surface area contributed by atoms with Crippen LogP contribution >= 0.6 is 0 Å². The molecule has 3 rings (SSSR count). The van der Waals surface area contributed by atoms with Crippen LogP contribution in [-0.2, 0) is 16.0 Å². The van der Waals surface area contributed by atoms with E-state index in [1.807, 2.05) is 47.3 Å². The Morgan fingerprint density at radius 1 is 0.815 bits per heavy atom. The van der Waals surface area contributed by atoms with Gasteiger partial charge in [0.1, 0.15) is 13.2 Å². The van der Waals surface area contributed by atoms with E-state index in [2.05, 4.69) is 31.2 Å². The van der Waals surface area contributed by atoms with Gasteiger partial charge in [-0.3, -0.25) is 0 Å². The van der Waals surface area contributed by atoms with E-state index in [9.17, 15) is 4.79 Å². The number of aryl methyl sites for hydroxylation is 1. The van der Waals surface area contributed by atoms with Crippen LogP contribution in [0.25, 0.3) is 11.1 Å². The predicted octanol–water partition coefficient (Wildman–Crippen LogP) is 3.82. The zero-order chi connectivity index (χ0) is 18.9. The normalized spacial score (nSPS) is 10.6. The Hall–Kier alpha value is -2.98. The molecule has 0 saturated carbocycles. The number of esters is 1. The molecule has 0 aliphatic rings. The molecule has 1 heterocycles.